The van der Waals surface area contributed by atoms with Gasteiger partial charge in [-0.25, -0.2) is 9.97 Å². The SMILES string of the molecule is Cc1ccc(C(=O)Nc2cc(CCCN(C)C)cc(C(F)(F)F)c2)cc1-c1ccc2nc(N)ncc2c1. The van der Waals surface area contributed by atoms with E-state index in [0.717, 1.165) is 40.8 Å². The number of anilines is 2. The fourth-order valence-corrected chi connectivity index (χ4v) is 4.16. The second kappa shape index (κ2) is 10.6. The highest BCUT2D eigenvalue weighted by molar-refractivity contribution is 6.05. The number of nitrogens with two attached hydrogens (primary N) is 1. The van der Waals surface area contributed by atoms with Crippen molar-refractivity contribution in [3.05, 3.63) is 83.0 Å². The Morgan fingerprint density at radius 1 is 1.05 bits per heavy atom. The van der Waals surface area contributed by atoms with Gasteiger partial charge in [-0.1, -0.05) is 12.1 Å². The summed E-state index contributed by atoms with van der Waals surface area (Å²) in [5, 5.41) is 3.46. The van der Waals surface area contributed by atoms with Gasteiger partial charge in [-0.2, -0.15) is 13.2 Å². The number of rotatable bonds is 7. The molecule has 9 heteroatoms. The number of hydrogen-bond acceptors (Lipinski definition) is 5. The van der Waals surface area contributed by atoms with Crippen LogP contribution in [0.2, 0.25) is 0 Å². The summed E-state index contributed by atoms with van der Waals surface area (Å²) >= 11 is 0. The lowest BCUT2D eigenvalue weighted by Crippen LogP contribution is -2.15. The first-order chi connectivity index (χ1) is 17.5. The number of benzene rings is 3. The summed E-state index contributed by atoms with van der Waals surface area (Å²) in [4.78, 5) is 23.3. The van der Waals surface area contributed by atoms with Crippen LogP contribution >= 0.6 is 0 Å². The molecule has 3 N–H and O–H groups in total. The predicted molar refractivity (Wildman–Crippen MR) is 140 cm³/mol. The van der Waals surface area contributed by atoms with Crippen LogP contribution in [-0.4, -0.2) is 41.4 Å². The molecule has 4 rings (SSSR count). The molecule has 0 saturated carbocycles. The largest absolute Gasteiger partial charge is 0.416 e. The van der Waals surface area contributed by atoms with Crippen LogP contribution in [0.3, 0.4) is 0 Å². The molecule has 0 unspecified atom stereocenters. The van der Waals surface area contributed by atoms with Crippen LogP contribution in [0.5, 0.6) is 0 Å². The van der Waals surface area contributed by atoms with Gasteiger partial charge >= 0.3 is 6.18 Å². The van der Waals surface area contributed by atoms with Crippen molar-refractivity contribution in [1.82, 2.24) is 14.9 Å². The molecule has 0 radical (unpaired) electrons. The van der Waals surface area contributed by atoms with Gasteiger partial charge < -0.3 is 16.0 Å². The Morgan fingerprint density at radius 3 is 2.57 bits per heavy atom. The third-order valence-electron chi connectivity index (χ3n) is 6.06. The standard InChI is InChI=1S/C28H28F3N5O/c1-17-6-7-20(14-24(17)19-8-9-25-21(13-19)16-33-27(32)35-25)26(37)34-23-12-18(5-4-10-36(2)3)11-22(15-23)28(29,30)31/h6-9,11-16H,4-5,10H2,1-3H3,(H,34,37)(H2,32,33,35). The number of halogens is 3. The number of amides is 1. The highest BCUT2D eigenvalue weighted by Gasteiger charge is 2.31. The Bertz CT molecular complexity index is 1450. The molecule has 3 aromatic carbocycles. The zero-order chi connectivity index (χ0) is 26.7. The molecule has 1 amide bonds. The van der Waals surface area contributed by atoms with Crippen molar-refractivity contribution < 1.29 is 18.0 Å². The van der Waals surface area contributed by atoms with E-state index in [1.54, 1.807) is 24.4 Å². The molecule has 1 aromatic heterocycles. The first-order valence-electron chi connectivity index (χ1n) is 11.8. The minimum absolute atomic E-state index is 0.113. The number of aryl methyl sites for hydroxylation is 2. The summed E-state index contributed by atoms with van der Waals surface area (Å²) in [5.41, 5.74) is 9.17. The van der Waals surface area contributed by atoms with Gasteiger partial charge in [-0.3, -0.25) is 4.79 Å². The molecular weight excluding hydrogens is 479 g/mol. The average Bonchev–Trinajstić information content (AvgIpc) is 2.83. The van der Waals surface area contributed by atoms with E-state index >= 15 is 0 Å². The highest BCUT2D eigenvalue weighted by atomic mass is 19.4. The van der Waals surface area contributed by atoms with Gasteiger partial charge in [0, 0.05) is 22.8 Å². The van der Waals surface area contributed by atoms with E-state index in [2.05, 4.69) is 15.3 Å². The van der Waals surface area contributed by atoms with Crippen molar-refractivity contribution in [3.63, 3.8) is 0 Å². The topological polar surface area (TPSA) is 84.1 Å². The molecule has 0 bridgehead atoms. The molecule has 6 nitrogen and oxygen atoms in total. The van der Waals surface area contributed by atoms with Crippen LogP contribution in [-0.2, 0) is 12.6 Å². The Kier molecular flexibility index (Phi) is 7.45. The van der Waals surface area contributed by atoms with Crippen molar-refractivity contribution in [2.24, 2.45) is 0 Å². The van der Waals surface area contributed by atoms with Gasteiger partial charge in [0.05, 0.1) is 11.1 Å². The van der Waals surface area contributed by atoms with Gasteiger partial charge in [0.2, 0.25) is 5.95 Å². The number of aromatic nitrogens is 2. The maximum atomic E-state index is 13.5. The summed E-state index contributed by atoms with van der Waals surface area (Å²) in [5.74, 6) is -0.303. The van der Waals surface area contributed by atoms with E-state index in [0.29, 0.717) is 29.5 Å². The molecule has 0 spiro atoms. The number of nitrogens with zero attached hydrogens (tertiary/aromatic N) is 3. The average molecular weight is 508 g/mol. The number of carbonyl (C=O) groups excluding carboxylic acids is 1. The van der Waals surface area contributed by atoms with E-state index in [1.807, 2.05) is 50.2 Å². The predicted octanol–water partition coefficient (Wildman–Crippen LogP) is 5.95. The Labute approximate surface area is 213 Å². The first-order valence-corrected chi connectivity index (χ1v) is 11.8. The molecule has 192 valence electrons. The number of hydrogen-bond donors (Lipinski definition) is 2. The number of nitrogens with one attached hydrogen (secondary N) is 1. The van der Waals surface area contributed by atoms with Crippen molar-refractivity contribution >= 4 is 28.4 Å². The van der Waals surface area contributed by atoms with E-state index in [4.69, 9.17) is 5.73 Å². The monoisotopic (exact) mass is 507 g/mol. The summed E-state index contributed by atoms with van der Waals surface area (Å²) in [7, 11) is 3.82. The van der Waals surface area contributed by atoms with Crippen molar-refractivity contribution in [1.29, 1.82) is 0 Å². The van der Waals surface area contributed by atoms with Gasteiger partial charge in [0.15, 0.2) is 0 Å². The normalized spacial score (nSPS) is 11.8. The molecule has 0 aliphatic heterocycles. The molecule has 0 aliphatic carbocycles. The van der Waals surface area contributed by atoms with Crippen LogP contribution in [0.4, 0.5) is 24.8 Å². The zero-order valence-electron chi connectivity index (χ0n) is 20.9. The highest BCUT2D eigenvalue weighted by Crippen LogP contribution is 2.33. The molecule has 0 aliphatic rings. The minimum Gasteiger partial charge on any atom is -0.368 e. The second-order valence-electron chi connectivity index (χ2n) is 9.31. The molecule has 1 heterocycles. The lowest BCUT2D eigenvalue weighted by molar-refractivity contribution is -0.137. The maximum Gasteiger partial charge on any atom is 0.416 e. The number of nitrogen functional groups attached to an aromatic ring is 1. The molecule has 4 aromatic rings. The summed E-state index contributed by atoms with van der Waals surface area (Å²) in [6.07, 6.45) is -1.71. The Morgan fingerprint density at radius 2 is 1.84 bits per heavy atom. The summed E-state index contributed by atoms with van der Waals surface area (Å²) in [6, 6.07) is 14.5. The van der Waals surface area contributed by atoms with Gasteiger partial charge in [0.1, 0.15) is 0 Å². The van der Waals surface area contributed by atoms with Crippen LogP contribution < -0.4 is 11.1 Å². The fraction of sp³-hybridized carbons (Fsp3) is 0.250. The molecule has 0 fully saturated rings. The third kappa shape index (κ3) is 6.42. The number of alkyl halides is 3. The number of carbonyl (C=O) groups is 1. The second-order valence-corrected chi connectivity index (χ2v) is 9.31. The van der Waals surface area contributed by atoms with Gasteiger partial charge in [0.25, 0.3) is 5.91 Å². The van der Waals surface area contributed by atoms with Crippen molar-refractivity contribution in [2.45, 2.75) is 25.9 Å². The molecule has 0 saturated heterocycles. The number of fused-ring (bicyclic) bond motifs is 1. The fourth-order valence-electron chi connectivity index (χ4n) is 4.16. The van der Waals surface area contributed by atoms with Gasteiger partial charge in [-0.15, -0.1) is 0 Å². The van der Waals surface area contributed by atoms with Crippen LogP contribution in [0, 0.1) is 6.92 Å². The van der Waals surface area contributed by atoms with E-state index in [-0.39, 0.29) is 11.6 Å². The summed E-state index contributed by atoms with van der Waals surface area (Å²) < 4.78 is 40.6. The lowest BCUT2D eigenvalue weighted by Gasteiger charge is -2.15. The lowest BCUT2D eigenvalue weighted by atomic mass is 9.96. The minimum atomic E-state index is -4.52. The van der Waals surface area contributed by atoms with Crippen LogP contribution in [0.15, 0.2) is 60.8 Å². The van der Waals surface area contributed by atoms with E-state index in [9.17, 15) is 18.0 Å². The Hall–Kier alpha value is -3.98. The molecular formula is C28H28F3N5O. The van der Waals surface area contributed by atoms with E-state index in [1.165, 1.54) is 0 Å². The Balaban J connectivity index is 1.62. The van der Waals surface area contributed by atoms with Crippen LogP contribution in [0.25, 0.3) is 22.0 Å². The van der Waals surface area contributed by atoms with Gasteiger partial charge in [-0.05, 0) is 105 Å². The van der Waals surface area contributed by atoms with Crippen molar-refractivity contribution in [2.75, 3.05) is 31.7 Å². The first kappa shape index (κ1) is 26.1. The summed E-state index contributed by atoms with van der Waals surface area (Å²) in [6.45, 7) is 2.67. The zero-order valence-corrected chi connectivity index (χ0v) is 20.9. The molecule has 37 heavy (non-hydrogen) atoms. The maximum absolute atomic E-state index is 13.5. The van der Waals surface area contributed by atoms with E-state index < -0.39 is 17.6 Å². The smallest absolute Gasteiger partial charge is 0.368 e. The van der Waals surface area contributed by atoms with Crippen molar-refractivity contribution in [3.8, 4) is 11.1 Å². The molecule has 0 atom stereocenters. The third-order valence-corrected chi connectivity index (χ3v) is 6.06. The van der Waals surface area contributed by atoms with Crippen LogP contribution in [0.1, 0.15) is 33.5 Å². The quantitative estimate of drug-likeness (QED) is 0.323.